The monoisotopic (exact) mass is 194 g/mol. The van der Waals surface area contributed by atoms with Crippen LogP contribution >= 0.6 is 0 Å². The molecule has 0 aliphatic heterocycles. The highest BCUT2D eigenvalue weighted by Crippen LogP contribution is 2.35. The number of unbranched alkanes of at least 4 members (excludes halogenated alkanes) is 1. The zero-order chi connectivity index (χ0) is 10.4. The van der Waals surface area contributed by atoms with E-state index in [1.54, 1.807) is 5.57 Å². The summed E-state index contributed by atoms with van der Waals surface area (Å²) in [7, 11) is 0. The first-order valence-corrected chi connectivity index (χ1v) is 5.93. The van der Waals surface area contributed by atoms with Crippen LogP contribution in [0.2, 0.25) is 0 Å². The summed E-state index contributed by atoms with van der Waals surface area (Å²) in [6.07, 6.45) is 11.1. The summed E-state index contributed by atoms with van der Waals surface area (Å²) in [6.45, 7) is 4.22. The van der Waals surface area contributed by atoms with Gasteiger partial charge in [0.15, 0.2) is 0 Å². The first-order valence-electron chi connectivity index (χ1n) is 5.93. The highest BCUT2D eigenvalue weighted by Gasteiger charge is 2.20. The van der Waals surface area contributed by atoms with E-state index < -0.39 is 0 Å². The lowest BCUT2D eigenvalue weighted by Gasteiger charge is -2.11. The molecule has 0 bridgehead atoms. The van der Waals surface area contributed by atoms with Gasteiger partial charge < -0.3 is 4.79 Å². The van der Waals surface area contributed by atoms with Crippen molar-refractivity contribution in [2.24, 2.45) is 11.8 Å². The van der Waals surface area contributed by atoms with Gasteiger partial charge in [0.05, 0.1) is 0 Å². The largest absolute Gasteiger partial charge is 0.303 e. The molecule has 0 aromatic carbocycles. The fourth-order valence-corrected chi connectivity index (χ4v) is 2.32. The Hall–Kier alpha value is -0.590. The van der Waals surface area contributed by atoms with Crippen LogP contribution in [0.15, 0.2) is 11.6 Å². The molecule has 1 aliphatic rings. The van der Waals surface area contributed by atoms with Crippen LogP contribution < -0.4 is 0 Å². The number of hydrogen-bond acceptors (Lipinski definition) is 1. The second-order valence-corrected chi connectivity index (χ2v) is 4.47. The molecule has 1 nitrogen and oxygen atoms in total. The Bertz CT molecular complexity index is 205. The van der Waals surface area contributed by atoms with Crippen molar-refractivity contribution in [1.82, 2.24) is 0 Å². The first kappa shape index (κ1) is 11.5. The number of carbonyl (C=O) groups is 1. The molecule has 0 amide bonds. The van der Waals surface area contributed by atoms with E-state index in [9.17, 15) is 4.79 Å². The van der Waals surface area contributed by atoms with E-state index in [1.807, 2.05) is 6.92 Å². The summed E-state index contributed by atoms with van der Waals surface area (Å²) in [5, 5.41) is 0. The van der Waals surface area contributed by atoms with Gasteiger partial charge in [-0.1, -0.05) is 38.3 Å². The van der Waals surface area contributed by atoms with Gasteiger partial charge in [0.25, 0.3) is 0 Å². The lowest BCUT2D eigenvalue weighted by molar-refractivity contribution is -0.109. The van der Waals surface area contributed by atoms with E-state index in [4.69, 9.17) is 0 Å². The average molecular weight is 194 g/mol. The zero-order valence-electron chi connectivity index (χ0n) is 9.46. The topological polar surface area (TPSA) is 17.1 Å². The highest BCUT2D eigenvalue weighted by molar-refractivity contribution is 5.56. The standard InChI is InChI=1S/C13H22O/c1-3-4-6-12-7-5-8-13(12)9-11(2)10-14/h9-12H,3-8H2,1-2H3/b13-9-. The van der Waals surface area contributed by atoms with Gasteiger partial charge in [0.1, 0.15) is 6.29 Å². The van der Waals surface area contributed by atoms with Crippen LogP contribution in [-0.2, 0) is 4.79 Å². The molecule has 0 spiro atoms. The van der Waals surface area contributed by atoms with Crippen molar-refractivity contribution in [2.45, 2.75) is 52.4 Å². The third-order valence-electron chi connectivity index (χ3n) is 3.14. The average Bonchev–Trinajstić information content (AvgIpc) is 2.62. The maximum atomic E-state index is 10.6. The summed E-state index contributed by atoms with van der Waals surface area (Å²) >= 11 is 0. The van der Waals surface area contributed by atoms with Crippen LogP contribution in [0.1, 0.15) is 52.4 Å². The van der Waals surface area contributed by atoms with Crippen molar-refractivity contribution in [3.05, 3.63) is 11.6 Å². The number of carbonyl (C=O) groups excluding carboxylic acids is 1. The lowest BCUT2D eigenvalue weighted by Crippen LogP contribution is -2.00. The predicted octanol–water partition coefficient (Wildman–Crippen LogP) is 3.74. The Balaban J connectivity index is 2.49. The molecule has 0 radical (unpaired) electrons. The quantitative estimate of drug-likeness (QED) is 0.481. The van der Waals surface area contributed by atoms with Crippen molar-refractivity contribution in [1.29, 1.82) is 0 Å². The van der Waals surface area contributed by atoms with Gasteiger partial charge >= 0.3 is 0 Å². The summed E-state index contributed by atoms with van der Waals surface area (Å²) in [4.78, 5) is 10.6. The minimum atomic E-state index is 0.118. The smallest absolute Gasteiger partial charge is 0.126 e. The van der Waals surface area contributed by atoms with Gasteiger partial charge in [0, 0.05) is 5.92 Å². The van der Waals surface area contributed by atoms with Crippen LogP contribution in [0.5, 0.6) is 0 Å². The molecule has 1 fully saturated rings. The molecule has 14 heavy (non-hydrogen) atoms. The van der Waals surface area contributed by atoms with Crippen LogP contribution in [0, 0.1) is 11.8 Å². The molecule has 0 saturated heterocycles. The zero-order valence-corrected chi connectivity index (χ0v) is 9.46. The van der Waals surface area contributed by atoms with E-state index in [0.29, 0.717) is 0 Å². The number of hydrogen-bond donors (Lipinski definition) is 0. The number of allylic oxidation sites excluding steroid dienone is 2. The molecule has 0 aromatic rings. The Morgan fingerprint density at radius 3 is 3.00 bits per heavy atom. The highest BCUT2D eigenvalue weighted by atomic mass is 16.1. The molecule has 1 rings (SSSR count). The van der Waals surface area contributed by atoms with Crippen molar-refractivity contribution in [2.75, 3.05) is 0 Å². The van der Waals surface area contributed by atoms with Gasteiger partial charge in [-0.15, -0.1) is 0 Å². The summed E-state index contributed by atoms with van der Waals surface area (Å²) in [5.74, 6) is 0.907. The third kappa shape index (κ3) is 3.28. The Morgan fingerprint density at radius 1 is 1.57 bits per heavy atom. The van der Waals surface area contributed by atoms with E-state index >= 15 is 0 Å². The fraction of sp³-hybridized carbons (Fsp3) is 0.769. The predicted molar refractivity (Wildman–Crippen MR) is 60.2 cm³/mol. The first-order chi connectivity index (χ1) is 6.77. The molecule has 0 N–H and O–H groups in total. The van der Waals surface area contributed by atoms with Crippen molar-refractivity contribution < 1.29 is 4.79 Å². The maximum absolute atomic E-state index is 10.6. The number of rotatable bonds is 5. The molecule has 2 atom stereocenters. The molecule has 1 saturated carbocycles. The third-order valence-corrected chi connectivity index (χ3v) is 3.14. The molecular formula is C13H22O. The van der Waals surface area contributed by atoms with Crippen molar-refractivity contribution in [3.63, 3.8) is 0 Å². The van der Waals surface area contributed by atoms with Gasteiger partial charge in [-0.2, -0.15) is 0 Å². The van der Waals surface area contributed by atoms with Crippen LogP contribution in [0.4, 0.5) is 0 Å². The lowest BCUT2D eigenvalue weighted by atomic mass is 9.94. The van der Waals surface area contributed by atoms with Gasteiger partial charge in [0.2, 0.25) is 0 Å². The van der Waals surface area contributed by atoms with Crippen molar-refractivity contribution in [3.8, 4) is 0 Å². The van der Waals surface area contributed by atoms with E-state index in [2.05, 4.69) is 13.0 Å². The molecule has 1 heteroatoms. The van der Waals surface area contributed by atoms with Gasteiger partial charge in [-0.05, 0) is 31.6 Å². The van der Waals surface area contributed by atoms with Crippen LogP contribution in [0.25, 0.3) is 0 Å². The van der Waals surface area contributed by atoms with E-state index in [-0.39, 0.29) is 5.92 Å². The molecule has 1 aliphatic carbocycles. The summed E-state index contributed by atoms with van der Waals surface area (Å²) < 4.78 is 0. The normalized spacial score (nSPS) is 26.7. The maximum Gasteiger partial charge on any atom is 0.126 e. The summed E-state index contributed by atoms with van der Waals surface area (Å²) in [6, 6.07) is 0. The molecule has 0 heterocycles. The van der Waals surface area contributed by atoms with Crippen LogP contribution in [0.3, 0.4) is 0 Å². The van der Waals surface area contributed by atoms with Gasteiger partial charge in [-0.25, -0.2) is 0 Å². The second kappa shape index (κ2) is 6.00. The van der Waals surface area contributed by atoms with Gasteiger partial charge in [-0.3, -0.25) is 0 Å². The Labute approximate surface area is 87.6 Å². The number of aldehydes is 1. The summed E-state index contributed by atoms with van der Waals surface area (Å²) in [5.41, 5.74) is 1.55. The van der Waals surface area contributed by atoms with E-state index in [1.165, 1.54) is 38.5 Å². The molecule has 80 valence electrons. The molecule has 0 aromatic heterocycles. The van der Waals surface area contributed by atoms with Crippen molar-refractivity contribution >= 4 is 6.29 Å². The molecular weight excluding hydrogens is 172 g/mol. The second-order valence-electron chi connectivity index (χ2n) is 4.47. The molecule has 2 unspecified atom stereocenters. The minimum Gasteiger partial charge on any atom is -0.303 e. The van der Waals surface area contributed by atoms with Crippen LogP contribution in [-0.4, -0.2) is 6.29 Å². The Kier molecular flexibility index (Phi) is 4.92. The Morgan fingerprint density at radius 2 is 2.36 bits per heavy atom. The SMILES string of the molecule is CCCCC1CCC/C1=C/C(C)C=O. The van der Waals surface area contributed by atoms with E-state index in [0.717, 1.165) is 12.2 Å². The fourth-order valence-electron chi connectivity index (χ4n) is 2.32. The minimum absolute atomic E-state index is 0.118.